The van der Waals surface area contributed by atoms with Crippen LogP contribution < -0.4 is 0 Å². The van der Waals surface area contributed by atoms with Gasteiger partial charge in [0.1, 0.15) is 0 Å². The number of hydrogen-bond donors (Lipinski definition) is 0. The van der Waals surface area contributed by atoms with Gasteiger partial charge in [-0.05, 0) is 30.6 Å². The number of fused-ring (bicyclic) bond motifs is 1. The average molecular weight is 291 g/mol. The maximum atomic E-state index is 11.5. The maximum absolute atomic E-state index is 11.5. The molecule has 0 aromatic carbocycles. The zero-order chi connectivity index (χ0) is 14.8. The van der Waals surface area contributed by atoms with Crippen molar-refractivity contribution in [1.29, 1.82) is 0 Å². The highest BCUT2D eigenvalue weighted by molar-refractivity contribution is 6.01. The zero-order valence-corrected chi connectivity index (χ0v) is 11.7. The van der Waals surface area contributed by atoms with Crippen molar-refractivity contribution >= 4 is 18.0 Å². The van der Waals surface area contributed by atoms with Crippen LogP contribution >= 0.6 is 0 Å². The van der Waals surface area contributed by atoms with Gasteiger partial charge in [-0.3, -0.25) is 14.4 Å². The summed E-state index contributed by atoms with van der Waals surface area (Å²) in [5.41, 5.74) is 0. The molecule has 1 aliphatic heterocycles. The van der Waals surface area contributed by atoms with E-state index in [1.807, 2.05) is 0 Å². The number of hydrogen-bond acceptors (Lipinski definition) is 5. The van der Waals surface area contributed by atoms with Crippen molar-refractivity contribution < 1.29 is 24.0 Å². The molecule has 6 nitrogen and oxygen atoms in total. The molecule has 0 bridgehead atoms. The summed E-state index contributed by atoms with van der Waals surface area (Å²) in [5, 5.41) is 0.506. The molecule has 0 aromatic heterocycles. The Morgan fingerprint density at radius 1 is 1.10 bits per heavy atom. The van der Waals surface area contributed by atoms with Crippen molar-refractivity contribution in [2.75, 3.05) is 6.61 Å². The number of nitrogens with zero attached hydrogens (tertiary/aromatic N) is 1. The topological polar surface area (TPSA) is 72.9 Å². The number of carbonyl (C=O) groups is 3. The molecular formula is C15H17NO5. The third kappa shape index (κ3) is 3.02. The van der Waals surface area contributed by atoms with Gasteiger partial charge in [0.25, 0.3) is 11.8 Å². The Labute approximate surface area is 122 Å². The van der Waals surface area contributed by atoms with Gasteiger partial charge in [-0.25, -0.2) is 4.79 Å². The van der Waals surface area contributed by atoms with Crippen LogP contribution in [0.5, 0.6) is 0 Å². The minimum Gasteiger partial charge on any atom is -0.432 e. The maximum Gasteiger partial charge on any atom is 0.533 e. The summed E-state index contributed by atoms with van der Waals surface area (Å²) in [7, 11) is 0. The first-order valence-electron chi connectivity index (χ1n) is 7.33. The lowest BCUT2D eigenvalue weighted by atomic mass is 10.1. The van der Waals surface area contributed by atoms with Crippen LogP contribution in [0.1, 0.15) is 38.5 Å². The molecule has 0 N–H and O–H groups in total. The smallest absolute Gasteiger partial charge is 0.432 e. The number of rotatable bonds is 3. The van der Waals surface area contributed by atoms with Crippen LogP contribution in [-0.2, 0) is 19.2 Å². The molecule has 0 spiro atoms. The second-order valence-corrected chi connectivity index (χ2v) is 5.66. The SMILES string of the molecule is O=C(OCC1[C@@H]2CCC#CCC[C@@H]12)ON1C(=O)CCC1=O. The molecule has 2 amide bonds. The lowest BCUT2D eigenvalue weighted by molar-refractivity contribution is -0.177. The Morgan fingerprint density at radius 3 is 2.24 bits per heavy atom. The number of amides is 2. The third-order valence-electron chi connectivity index (χ3n) is 4.40. The van der Waals surface area contributed by atoms with Crippen molar-refractivity contribution in [3.63, 3.8) is 0 Å². The van der Waals surface area contributed by atoms with Crippen molar-refractivity contribution in [3.05, 3.63) is 0 Å². The predicted molar refractivity (Wildman–Crippen MR) is 70.2 cm³/mol. The van der Waals surface area contributed by atoms with Gasteiger partial charge in [-0.1, -0.05) is 5.06 Å². The fraction of sp³-hybridized carbons (Fsp3) is 0.667. The van der Waals surface area contributed by atoms with Gasteiger partial charge in [-0.15, -0.1) is 11.8 Å². The fourth-order valence-corrected chi connectivity index (χ4v) is 3.21. The van der Waals surface area contributed by atoms with E-state index in [4.69, 9.17) is 4.74 Å². The monoisotopic (exact) mass is 291 g/mol. The van der Waals surface area contributed by atoms with Crippen LogP contribution in [0.25, 0.3) is 0 Å². The largest absolute Gasteiger partial charge is 0.533 e. The van der Waals surface area contributed by atoms with Crippen LogP contribution in [-0.4, -0.2) is 29.6 Å². The molecule has 6 heteroatoms. The fourth-order valence-electron chi connectivity index (χ4n) is 3.21. The van der Waals surface area contributed by atoms with Gasteiger partial charge >= 0.3 is 6.16 Å². The van der Waals surface area contributed by atoms with E-state index in [0.29, 0.717) is 22.8 Å². The van der Waals surface area contributed by atoms with Crippen molar-refractivity contribution in [1.82, 2.24) is 5.06 Å². The average Bonchev–Trinajstić information content (AvgIpc) is 2.98. The molecule has 2 fully saturated rings. The number of imide groups is 1. The summed E-state index contributed by atoms with van der Waals surface area (Å²) < 4.78 is 5.05. The van der Waals surface area contributed by atoms with Gasteiger partial charge in [0.2, 0.25) is 0 Å². The van der Waals surface area contributed by atoms with Gasteiger partial charge in [0.15, 0.2) is 0 Å². The minimum absolute atomic E-state index is 0.0822. The van der Waals surface area contributed by atoms with Crippen molar-refractivity contribution in [2.24, 2.45) is 17.8 Å². The first kappa shape index (κ1) is 13.9. The number of hydroxylamine groups is 2. The molecular weight excluding hydrogens is 274 g/mol. The molecule has 3 rings (SSSR count). The Morgan fingerprint density at radius 2 is 1.67 bits per heavy atom. The van der Waals surface area contributed by atoms with E-state index in [1.54, 1.807) is 0 Å². The van der Waals surface area contributed by atoms with E-state index in [9.17, 15) is 14.4 Å². The molecule has 1 heterocycles. The highest BCUT2D eigenvalue weighted by atomic mass is 16.8. The Bertz CT molecular complexity index is 498. The third-order valence-corrected chi connectivity index (χ3v) is 4.40. The normalized spacial score (nSPS) is 30.7. The van der Waals surface area contributed by atoms with E-state index in [1.165, 1.54) is 0 Å². The number of ether oxygens (including phenoxy) is 1. The standard InChI is InChI=1S/C15H17NO5/c17-13-7-8-14(18)16(13)21-15(19)20-9-12-10-5-3-1-2-4-6-11(10)12/h10-12H,3-9H2/t10-,11-/m1/s1. The predicted octanol–water partition coefficient (Wildman–Crippen LogP) is 1.64. The Hall–Kier alpha value is -2.03. The Kier molecular flexibility index (Phi) is 3.82. The second kappa shape index (κ2) is 5.76. The zero-order valence-electron chi connectivity index (χ0n) is 11.7. The summed E-state index contributed by atoms with van der Waals surface area (Å²) in [6, 6.07) is 0. The summed E-state index contributed by atoms with van der Waals surface area (Å²) in [6.45, 7) is 0.282. The van der Waals surface area contributed by atoms with Crippen LogP contribution in [0.15, 0.2) is 0 Å². The highest BCUT2D eigenvalue weighted by Crippen LogP contribution is 2.52. The number of carbonyl (C=O) groups excluding carboxylic acids is 3. The lowest BCUT2D eigenvalue weighted by Crippen LogP contribution is -2.32. The molecule has 1 saturated carbocycles. The van der Waals surface area contributed by atoms with E-state index in [-0.39, 0.29) is 19.4 Å². The minimum atomic E-state index is -0.978. The van der Waals surface area contributed by atoms with Gasteiger partial charge in [0.05, 0.1) is 6.61 Å². The molecule has 0 unspecified atom stereocenters. The van der Waals surface area contributed by atoms with Crippen LogP contribution in [0.2, 0.25) is 0 Å². The van der Waals surface area contributed by atoms with Crippen LogP contribution in [0.3, 0.4) is 0 Å². The van der Waals surface area contributed by atoms with Crippen LogP contribution in [0, 0.1) is 29.6 Å². The van der Waals surface area contributed by atoms with Gasteiger partial charge in [-0.2, -0.15) is 0 Å². The lowest BCUT2D eigenvalue weighted by Gasteiger charge is -2.12. The summed E-state index contributed by atoms with van der Waals surface area (Å²) in [5.74, 6) is 6.75. The molecule has 1 saturated heterocycles. The molecule has 3 aliphatic rings. The van der Waals surface area contributed by atoms with E-state index < -0.39 is 18.0 Å². The molecule has 0 radical (unpaired) electrons. The van der Waals surface area contributed by atoms with E-state index in [0.717, 1.165) is 25.7 Å². The van der Waals surface area contributed by atoms with E-state index in [2.05, 4.69) is 16.7 Å². The van der Waals surface area contributed by atoms with Gasteiger partial charge in [0, 0.05) is 25.7 Å². The van der Waals surface area contributed by atoms with Crippen LogP contribution in [0.4, 0.5) is 4.79 Å². The van der Waals surface area contributed by atoms with Crippen molar-refractivity contribution in [3.8, 4) is 11.8 Å². The quantitative estimate of drug-likeness (QED) is 0.449. The summed E-state index contributed by atoms with van der Waals surface area (Å²) in [6.07, 6.45) is 3.08. The Balaban J connectivity index is 1.43. The second-order valence-electron chi connectivity index (χ2n) is 5.66. The summed E-state index contributed by atoms with van der Waals surface area (Å²) >= 11 is 0. The first-order chi connectivity index (χ1) is 10.2. The van der Waals surface area contributed by atoms with Gasteiger partial charge < -0.3 is 4.74 Å². The first-order valence-corrected chi connectivity index (χ1v) is 7.33. The molecule has 112 valence electrons. The summed E-state index contributed by atoms with van der Waals surface area (Å²) in [4.78, 5) is 38.8. The highest BCUT2D eigenvalue weighted by Gasteiger charge is 2.49. The molecule has 0 aromatic rings. The molecule has 2 atom stereocenters. The van der Waals surface area contributed by atoms with E-state index >= 15 is 0 Å². The molecule has 2 aliphatic carbocycles. The van der Waals surface area contributed by atoms with Crippen molar-refractivity contribution in [2.45, 2.75) is 38.5 Å². The molecule has 21 heavy (non-hydrogen) atoms.